The van der Waals surface area contributed by atoms with Crippen LogP contribution < -0.4 is 10.5 Å². The minimum atomic E-state index is -1.12. The molecular formula is C20H24F4N4O. The average Bonchev–Trinajstić information content (AvgIpc) is 3.13. The van der Waals surface area contributed by atoms with E-state index in [9.17, 15) is 17.6 Å². The third kappa shape index (κ3) is 4.16. The van der Waals surface area contributed by atoms with E-state index in [1.807, 2.05) is 0 Å². The lowest BCUT2D eigenvalue weighted by Crippen LogP contribution is -2.47. The summed E-state index contributed by atoms with van der Waals surface area (Å²) in [5.74, 6) is -3.54. The van der Waals surface area contributed by atoms with Gasteiger partial charge in [-0.1, -0.05) is 0 Å². The Bertz CT molecular complexity index is 831. The smallest absolute Gasteiger partial charge is 0.316 e. The predicted octanol–water partition coefficient (Wildman–Crippen LogP) is 3.66. The third-order valence-electron chi connectivity index (χ3n) is 6.20. The van der Waals surface area contributed by atoms with Crippen molar-refractivity contribution in [3.8, 4) is 6.01 Å². The third-order valence-corrected chi connectivity index (χ3v) is 6.20. The van der Waals surface area contributed by atoms with Gasteiger partial charge < -0.3 is 10.5 Å². The molecule has 29 heavy (non-hydrogen) atoms. The van der Waals surface area contributed by atoms with Crippen LogP contribution in [-0.2, 0) is 13.1 Å². The molecule has 1 aromatic heterocycles. The molecule has 4 rings (SSSR count). The van der Waals surface area contributed by atoms with Crippen LogP contribution in [0.25, 0.3) is 0 Å². The molecule has 0 saturated heterocycles. The van der Waals surface area contributed by atoms with Gasteiger partial charge in [-0.2, -0.15) is 4.98 Å². The molecule has 2 N–H and O–H groups in total. The number of halogens is 4. The van der Waals surface area contributed by atoms with Crippen molar-refractivity contribution in [2.45, 2.75) is 50.9 Å². The number of alkyl halides is 1. The minimum absolute atomic E-state index is 0.0762. The van der Waals surface area contributed by atoms with E-state index >= 15 is 0 Å². The van der Waals surface area contributed by atoms with Crippen molar-refractivity contribution in [3.05, 3.63) is 41.0 Å². The van der Waals surface area contributed by atoms with Crippen molar-refractivity contribution in [1.82, 2.24) is 14.9 Å². The van der Waals surface area contributed by atoms with Crippen LogP contribution >= 0.6 is 0 Å². The van der Waals surface area contributed by atoms with E-state index in [4.69, 9.17) is 10.5 Å². The highest BCUT2D eigenvalue weighted by atomic mass is 19.2. The summed E-state index contributed by atoms with van der Waals surface area (Å²) in [6.45, 7) is 0.622. The summed E-state index contributed by atoms with van der Waals surface area (Å²) in [5, 5.41) is 0. The van der Waals surface area contributed by atoms with E-state index in [1.165, 1.54) is 0 Å². The molecule has 2 aliphatic carbocycles. The molecule has 2 heterocycles. The molecule has 0 bridgehead atoms. The number of fused-ring (bicyclic) bond motifs is 1. The Morgan fingerprint density at radius 2 is 2.03 bits per heavy atom. The molecule has 1 aromatic rings. The fraction of sp³-hybridized carbons (Fsp3) is 0.600. The first-order valence-corrected chi connectivity index (χ1v) is 9.90. The van der Waals surface area contributed by atoms with Crippen LogP contribution in [0.1, 0.15) is 36.9 Å². The van der Waals surface area contributed by atoms with E-state index in [0.717, 1.165) is 17.7 Å². The molecule has 3 aliphatic rings. The van der Waals surface area contributed by atoms with E-state index in [2.05, 4.69) is 14.9 Å². The number of aromatic nitrogens is 2. The predicted molar refractivity (Wildman–Crippen MR) is 98.4 cm³/mol. The van der Waals surface area contributed by atoms with Crippen molar-refractivity contribution >= 4 is 0 Å². The second-order valence-electron chi connectivity index (χ2n) is 7.95. The van der Waals surface area contributed by atoms with Gasteiger partial charge in [0, 0.05) is 55.3 Å². The highest BCUT2D eigenvalue weighted by Crippen LogP contribution is 2.43. The van der Waals surface area contributed by atoms with Gasteiger partial charge in [-0.05, 0) is 25.2 Å². The van der Waals surface area contributed by atoms with Crippen LogP contribution in [0.15, 0.2) is 29.8 Å². The zero-order valence-corrected chi connectivity index (χ0v) is 16.0. The highest BCUT2D eigenvalue weighted by molar-refractivity contribution is 5.26. The fourth-order valence-electron chi connectivity index (χ4n) is 4.70. The first-order chi connectivity index (χ1) is 14.0. The lowest BCUT2D eigenvalue weighted by Gasteiger charge is -2.41. The van der Waals surface area contributed by atoms with Crippen LogP contribution in [0.5, 0.6) is 6.01 Å². The Morgan fingerprint density at radius 3 is 2.79 bits per heavy atom. The second kappa shape index (κ2) is 8.39. The molecular weight excluding hydrogens is 388 g/mol. The first-order valence-electron chi connectivity index (χ1n) is 9.90. The van der Waals surface area contributed by atoms with Gasteiger partial charge in [0.2, 0.25) is 0 Å². The van der Waals surface area contributed by atoms with E-state index < -0.39 is 30.1 Å². The van der Waals surface area contributed by atoms with E-state index in [-0.39, 0.29) is 37.0 Å². The van der Waals surface area contributed by atoms with Gasteiger partial charge in [0.15, 0.2) is 5.83 Å². The molecule has 0 aromatic carbocycles. The summed E-state index contributed by atoms with van der Waals surface area (Å²) in [6, 6.07) is 0.0639. The lowest BCUT2D eigenvalue weighted by atomic mass is 9.72. The summed E-state index contributed by atoms with van der Waals surface area (Å²) < 4.78 is 58.6. The van der Waals surface area contributed by atoms with Gasteiger partial charge in [0.05, 0.1) is 5.69 Å². The molecule has 0 amide bonds. The minimum Gasteiger partial charge on any atom is -0.461 e. The zero-order chi connectivity index (χ0) is 20.5. The van der Waals surface area contributed by atoms with E-state index in [0.29, 0.717) is 32.0 Å². The Kier molecular flexibility index (Phi) is 5.87. The highest BCUT2D eigenvalue weighted by Gasteiger charge is 2.40. The molecule has 158 valence electrons. The molecule has 5 nitrogen and oxygen atoms in total. The van der Waals surface area contributed by atoms with Gasteiger partial charge in [-0.3, -0.25) is 4.90 Å². The zero-order valence-electron chi connectivity index (χ0n) is 16.0. The Labute approximate surface area is 166 Å². The molecule has 1 fully saturated rings. The Morgan fingerprint density at radius 1 is 1.21 bits per heavy atom. The maximum absolute atomic E-state index is 14.2. The number of nitrogens with two attached hydrogens (primary N) is 1. The van der Waals surface area contributed by atoms with Crippen LogP contribution in [0.4, 0.5) is 17.6 Å². The number of nitrogens with zero attached hydrogens (tertiary/aromatic N) is 3. The summed E-state index contributed by atoms with van der Waals surface area (Å²) in [7, 11) is 0. The Hall–Kier alpha value is -2.00. The summed E-state index contributed by atoms with van der Waals surface area (Å²) in [5.41, 5.74) is 8.21. The summed E-state index contributed by atoms with van der Waals surface area (Å²) in [4.78, 5) is 10.7. The van der Waals surface area contributed by atoms with Crippen molar-refractivity contribution in [1.29, 1.82) is 0 Å². The first kappa shape index (κ1) is 20.3. The van der Waals surface area contributed by atoms with Gasteiger partial charge in [0.1, 0.15) is 24.9 Å². The molecule has 3 unspecified atom stereocenters. The van der Waals surface area contributed by atoms with Crippen molar-refractivity contribution < 1.29 is 22.3 Å². The normalized spacial score (nSPS) is 30.3. The topological polar surface area (TPSA) is 64.3 Å². The molecule has 1 saturated carbocycles. The van der Waals surface area contributed by atoms with Crippen LogP contribution in [0.3, 0.4) is 0 Å². The van der Waals surface area contributed by atoms with Gasteiger partial charge >= 0.3 is 6.01 Å². The number of hydrogen-bond acceptors (Lipinski definition) is 5. The van der Waals surface area contributed by atoms with Gasteiger partial charge in [-0.15, -0.1) is 0 Å². The SMILES string of the molecule is NC1CC(N2Cc3cnc(OCCF)nc3C2)CC[C@@H]1C1CC(F)=C(F)C=C1F. The summed E-state index contributed by atoms with van der Waals surface area (Å²) in [6.07, 6.45) is 4.19. The lowest BCUT2D eigenvalue weighted by molar-refractivity contribution is 0.0989. The number of allylic oxidation sites excluding steroid dienone is 4. The second-order valence-corrected chi connectivity index (χ2v) is 7.95. The number of rotatable bonds is 5. The monoisotopic (exact) mass is 412 g/mol. The van der Waals surface area contributed by atoms with Crippen LogP contribution in [0.2, 0.25) is 0 Å². The summed E-state index contributed by atoms with van der Waals surface area (Å²) >= 11 is 0. The molecule has 0 radical (unpaired) electrons. The molecule has 4 atom stereocenters. The van der Waals surface area contributed by atoms with E-state index in [1.54, 1.807) is 6.20 Å². The standard InChI is InChI=1S/C20H24F4N4O/c21-3-4-29-20-26-8-11-9-28(10-19(11)27-20)12-1-2-13(18(25)5-12)14-6-16(23)17(24)7-15(14)22/h7-8,12-14,18H,1-6,9-10,25H2/t12?,13-,14?,18?/m1/s1. The van der Waals surface area contributed by atoms with Crippen molar-refractivity contribution in [2.24, 2.45) is 17.6 Å². The molecule has 0 spiro atoms. The fourth-order valence-corrected chi connectivity index (χ4v) is 4.70. The number of hydrogen-bond donors (Lipinski definition) is 1. The quantitative estimate of drug-likeness (QED) is 0.748. The Balaban J connectivity index is 1.37. The van der Waals surface area contributed by atoms with Crippen LogP contribution in [0, 0.1) is 11.8 Å². The maximum atomic E-state index is 14.2. The van der Waals surface area contributed by atoms with Crippen LogP contribution in [-0.4, -0.2) is 40.2 Å². The molecule has 9 heteroatoms. The van der Waals surface area contributed by atoms with Gasteiger partial charge in [-0.25, -0.2) is 22.5 Å². The largest absolute Gasteiger partial charge is 0.461 e. The van der Waals surface area contributed by atoms with Crippen molar-refractivity contribution in [3.63, 3.8) is 0 Å². The average molecular weight is 412 g/mol. The number of ether oxygens (including phenoxy) is 1. The maximum Gasteiger partial charge on any atom is 0.316 e. The van der Waals surface area contributed by atoms with Gasteiger partial charge in [0.25, 0.3) is 0 Å². The molecule has 1 aliphatic heterocycles. The van der Waals surface area contributed by atoms with Crippen molar-refractivity contribution in [2.75, 3.05) is 13.3 Å².